The molecule has 2 N–H and O–H groups in total. The van der Waals surface area contributed by atoms with E-state index in [1.54, 1.807) is 18.1 Å². The molecule has 150 valence electrons. The van der Waals surface area contributed by atoms with E-state index in [-0.39, 0.29) is 5.91 Å². The van der Waals surface area contributed by atoms with Crippen molar-refractivity contribution in [2.45, 2.75) is 46.1 Å². The van der Waals surface area contributed by atoms with Crippen molar-refractivity contribution in [3.63, 3.8) is 0 Å². The Morgan fingerprint density at radius 3 is 2.67 bits per heavy atom. The highest BCUT2D eigenvalue weighted by molar-refractivity contribution is 5.92. The lowest BCUT2D eigenvalue weighted by Gasteiger charge is -2.29. The van der Waals surface area contributed by atoms with Crippen molar-refractivity contribution >= 4 is 12.0 Å². The second-order valence-electron chi connectivity index (χ2n) is 7.73. The summed E-state index contributed by atoms with van der Waals surface area (Å²) >= 11 is 0. The van der Waals surface area contributed by atoms with Crippen LogP contribution in [-0.4, -0.2) is 45.3 Å². The third kappa shape index (κ3) is 7.25. The van der Waals surface area contributed by atoms with Crippen molar-refractivity contribution in [2.24, 2.45) is 5.92 Å². The molecule has 2 rings (SSSR count). The number of rotatable bonds is 9. The topological polar surface area (TPSA) is 52.0 Å². The molecule has 1 aromatic carbocycles. The second-order valence-corrected chi connectivity index (χ2v) is 7.73. The van der Waals surface area contributed by atoms with Gasteiger partial charge in [0.05, 0.1) is 33.4 Å². The smallest absolute Gasteiger partial charge is 0.244 e. The average molecular weight is 376 g/mol. The summed E-state index contributed by atoms with van der Waals surface area (Å²) < 4.78 is 11.2. The molecule has 0 radical (unpaired) electrons. The first-order valence-electron chi connectivity index (χ1n) is 10.1. The van der Waals surface area contributed by atoms with E-state index < -0.39 is 0 Å². The van der Waals surface area contributed by atoms with E-state index in [0.717, 1.165) is 37.2 Å². The highest BCUT2D eigenvalue weighted by Gasteiger charge is 2.21. The molecule has 0 bridgehead atoms. The molecule has 0 atom stereocenters. The van der Waals surface area contributed by atoms with E-state index in [2.05, 4.69) is 26.1 Å². The molecular formula is C22H35N2O3+. The van der Waals surface area contributed by atoms with Crippen LogP contribution in [0.2, 0.25) is 0 Å². The van der Waals surface area contributed by atoms with Gasteiger partial charge in [0.25, 0.3) is 0 Å². The number of amides is 1. The van der Waals surface area contributed by atoms with Gasteiger partial charge in [0.15, 0.2) is 11.5 Å². The first-order valence-corrected chi connectivity index (χ1v) is 10.1. The second kappa shape index (κ2) is 11.0. The fourth-order valence-electron chi connectivity index (χ4n) is 3.36. The molecule has 27 heavy (non-hydrogen) atoms. The molecule has 5 heteroatoms. The molecule has 1 saturated heterocycles. The number of hydrogen-bond acceptors (Lipinski definition) is 3. The van der Waals surface area contributed by atoms with Gasteiger partial charge in [-0.15, -0.1) is 0 Å². The van der Waals surface area contributed by atoms with E-state index >= 15 is 0 Å². The first-order chi connectivity index (χ1) is 13.0. The maximum absolute atomic E-state index is 12.2. The van der Waals surface area contributed by atoms with Gasteiger partial charge < -0.3 is 19.7 Å². The fraction of sp³-hybridized carbons (Fsp3) is 0.591. The van der Waals surface area contributed by atoms with Crippen molar-refractivity contribution in [1.29, 1.82) is 0 Å². The zero-order valence-electron chi connectivity index (χ0n) is 17.2. The van der Waals surface area contributed by atoms with Crippen LogP contribution in [0.15, 0.2) is 24.3 Å². The van der Waals surface area contributed by atoms with Gasteiger partial charge in [-0.2, -0.15) is 0 Å². The number of carbonyl (C=O) groups excluding carboxylic acids is 1. The fourth-order valence-corrected chi connectivity index (χ4v) is 3.36. The van der Waals surface area contributed by atoms with Gasteiger partial charge in [0.1, 0.15) is 0 Å². The molecule has 1 amide bonds. The number of ether oxygens (including phenoxy) is 2. The minimum absolute atomic E-state index is 0.0296. The van der Waals surface area contributed by atoms with Crippen molar-refractivity contribution in [3.05, 3.63) is 29.8 Å². The normalized spacial score (nSPS) is 20.0. The molecule has 0 aromatic heterocycles. The van der Waals surface area contributed by atoms with Gasteiger partial charge >= 0.3 is 0 Å². The van der Waals surface area contributed by atoms with Crippen LogP contribution in [0.1, 0.15) is 45.6 Å². The zero-order valence-corrected chi connectivity index (χ0v) is 17.2. The number of nitrogens with one attached hydrogen (secondary N) is 2. The van der Waals surface area contributed by atoms with Crippen molar-refractivity contribution in [2.75, 3.05) is 33.4 Å². The highest BCUT2D eigenvalue weighted by Crippen LogP contribution is 2.28. The third-order valence-corrected chi connectivity index (χ3v) is 4.83. The molecule has 0 aliphatic carbocycles. The Hall–Kier alpha value is -2.01. The zero-order chi connectivity index (χ0) is 19.6. The van der Waals surface area contributed by atoms with Crippen LogP contribution in [0.5, 0.6) is 11.5 Å². The molecule has 1 heterocycles. The number of methoxy groups -OCH3 is 1. The molecular weight excluding hydrogens is 340 g/mol. The lowest BCUT2D eigenvalue weighted by Crippen LogP contribution is -3.13. The summed E-state index contributed by atoms with van der Waals surface area (Å²) in [6.07, 6.45) is 6.77. The Morgan fingerprint density at radius 1 is 1.30 bits per heavy atom. The van der Waals surface area contributed by atoms with Crippen LogP contribution < -0.4 is 19.7 Å². The van der Waals surface area contributed by atoms with Gasteiger partial charge in [-0.05, 0) is 36.1 Å². The quantitative estimate of drug-likeness (QED) is 0.652. The lowest BCUT2D eigenvalue weighted by atomic mass is 10.0. The number of quaternary nitrogens is 1. The molecule has 1 aliphatic heterocycles. The number of piperidine rings is 1. The molecule has 1 aliphatic rings. The van der Waals surface area contributed by atoms with E-state index in [4.69, 9.17) is 9.47 Å². The Morgan fingerprint density at radius 2 is 2.04 bits per heavy atom. The summed E-state index contributed by atoms with van der Waals surface area (Å²) in [6, 6.07) is 6.02. The van der Waals surface area contributed by atoms with E-state index in [0.29, 0.717) is 24.3 Å². The van der Waals surface area contributed by atoms with E-state index in [1.807, 2.05) is 24.3 Å². The SMILES string of the molecule is CCC[NH+]1CCC(NC(=O)/C=C/c2ccc(OCC(C)C)c(OC)c2)CC1. The predicted molar refractivity (Wildman–Crippen MR) is 109 cm³/mol. The molecule has 0 saturated carbocycles. The Labute approximate surface area is 163 Å². The summed E-state index contributed by atoms with van der Waals surface area (Å²) in [4.78, 5) is 13.9. The Bertz CT molecular complexity index is 620. The number of carbonyl (C=O) groups is 1. The number of likely N-dealkylation sites (tertiary alicyclic amines) is 1. The minimum atomic E-state index is -0.0296. The van der Waals surface area contributed by atoms with Gasteiger partial charge in [0.2, 0.25) is 5.91 Å². The molecule has 0 spiro atoms. The Kier molecular flexibility index (Phi) is 8.65. The summed E-state index contributed by atoms with van der Waals surface area (Å²) in [5, 5.41) is 3.13. The molecule has 5 nitrogen and oxygen atoms in total. The molecule has 0 unspecified atom stereocenters. The van der Waals surface area contributed by atoms with Gasteiger partial charge in [0, 0.05) is 25.0 Å². The van der Waals surface area contributed by atoms with Crippen LogP contribution in [0.25, 0.3) is 6.08 Å². The van der Waals surface area contributed by atoms with Crippen molar-refractivity contribution in [3.8, 4) is 11.5 Å². The van der Waals surface area contributed by atoms with Crippen LogP contribution in [-0.2, 0) is 4.79 Å². The summed E-state index contributed by atoms with van der Waals surface area (Å²) in [6.45, 7) is 10.6. The van der Waals surface area contributed by atoms with Crippen molar-refractivity contribution < 1.29 is 19.2 Å². The highest BCUT2D eigenvalue weighted by atomic mass is 16.5. The molecule has 1 fully saturated rings. The number of hydrogen-bond donors (Lipinski definition) is 2. The van der Waals surface area contributed by atoms with E-state index in [9.17, 15) is 4.79 Å². The van der Waals surface area contributed by atoms with Crippen LogP contribution in [0.4, 0.5) is 0 Å². The van der Waals surface area contributed by atoms with Gasteiger partial charge in [-0.1, -0.05) is 26.8 Å². The summed E-state index contributed by atoms with van der Waals surface area (Å²) in [5.41, 5.74) is 0.918. The Balaban J connectivity index is 1.86. The van der Waals surface area contributed by atoms with E-state index in [1.165, 1.54) is 13.0 Å². The number of benzene rings is 1. The van der Waals surface area contributed by atoms with Crippen molar-refractivity contribution in [1.82, 2.24) is 5.32 Å². The molecule has 1 aromatic rings. The first kappa shape index (κ1) is 21.3. The summed E-state index contributed by atoms with van der Waals surface area (Å²) in [5.74, 6) is 1.84. The monoisotopic (exact) mass is 375 g/mol. The van der Waals surface area contributed by atoms with Crippen LogP contribution in [0.3, 0.4) is 0 Å². The van der Waals surface area contributed by atoms with Crippen LogP contribution in [0, 0.1) is 5.92 Å². The lowest BCUT2D eigenvalue weighted by molar-refractivity contribution is -0.905. The minimum Gasteiger partial charge on any atom is -0.493 e. The largest absolute Gasteiger partial charge is 0.493 e. The standard InChI is InChI=1S/C22H34N2O3/c1-5-12-24-13-10-19(11-14-24)23-22(25)9-7-18-6-8-20(21(15-18)26-4)27-16-17(2)3/h6-9,15,17,19H,5,10-14,16H2,1-4H3,(H,23,25)/p+1/b9-7+. The maximum Gasteiger partial charge on any atom is 0.244 e. The average Bonchev–Trinajstić information content (AvgIpc) is 2.66. The summed E-state index contributed by atoms with van der Waals surface area (Å²) in [7, 11) is 1.63. The maximum atomic E-state index is 12.2. The van der Waals surface area contributed by atoms with Crippen LogP contribution >= 0.6 is 0 Å². The third-order valence-electron chi connectivity index (χ3n) is 4.83. The van der Waals surface area contributed by atoms with Gasteiger partial charge in [-0.25, -0.2) is 0 Å². The van der Waals surface area contributed by atoms with Gasteiger partial charge in [-0.3, -0.25) is 4.79 Å². The predicted octanol–water partition coefficient (Wildman–Crippen LogP) is 2.32.